The molecule has 0 bridgehead atoms. The first-order valence-corrected chi connectivity index (χ1v) is 6.74. The molecule has 5 nitrogen and oxygen atoms in total. The molecule has 0 aliphatic heterocycles. The van der Waals surface area contributed by atoms with E-state index in [2.05, 4.69) is 4.98 Å². The Morgan fingerprint density at radius 2 is 2.25 bits per heavy atom. The summed E-state index contributed by atoms with van der Waals surface area (Å²) in [6.45, 7) is 2.89. The smallest absolute Gasteiger partial charge is 0.197 e. The number of hydrogen-bond acceptors (Lipinski definition) is 5. The molecule has 0 unspecified atom stereocenters. The molecule has 0 saturated carbocycles. The van der Waals surface area contributed by atoms with E-state index in [4.69, 9.17) is 10.5 Å². The third-order valence-electron chi connectivity index (χ3n) is 2.00. The maximum atomic E-state index is 11.8. The van der Waals surface area contributed by atoms with Crippen LogP contribution in [0.1, 0.15) is 13.3 Å². The van der Waals surface area contributed by atoms with Crippen LogP contribution in [-0.2, 0) is 14.6 Å². The van der Waals surface area contributed by atoms with Gasteiger partial charge in [-0.25, -0.2) is 13.4 Å². The molecular formula is C10H16N2O3S. The number of aromatic nitrogens is 1. The van der Waals surface area contributed by atoms with Crippen molar-refractivity contribution < 1.29 is 13.2 Å². The van der Waals surface area contributed by atoms with Crippen LogP contribution >= 0.6 is 0 Å². The molecule has 0 radical (unpaired) electrons. The summed E-state index contributed by atoms with van der Waals surface area (Å²) in [7, 11) is -3.39. The van der Waals surface area contributed by atoms with E-state index in [9.17, 15) is 8.42 Å². The molecule has 2 N–H and O–H groups in total. The first-order chi connectivity index (χ1) is 7.58. The van der Waals surface area contributed by atoms with Crippen molar-refractivity contribution in [1.29, 1.82) is 0 Å². The average molecular weight is 244 g/mol. The van der Waals surface area contributed by atoms with Crippen molar-refractivity contribution in [3.63, 3.8) is 0 Å². The van der Waals surface area contributed by atoms with Gasteiger partial charge in [-0.3, -0.25) is 0 Å². The molecule has 0 aliphatic rings. The van der Waals surface area contributed by atoms with Crippen LogP contribution in [0.3, 0.4) is 0 Å². The molecule has 0 fully saturated rings. The minimum atomic E-state index is -3.39. The Kier molecular flexibility index (Phi) is 4.70. The van der Waals surface area contributed by atoms with Gasteiger partial charge in [0.05, 0.1) is 11.4 Å². The Morgan fingerprint density at radius 1 is 1.50 bits per heavy atom. The highest BCUT2D eigenvalue weighted by atomic mass is 32.2. The minimum absolute atomic E-state index is 0.00815. The molecule has 1 heterocycles. The molecule has 0 spiro atoms. The maximum absolute atomic E-state index is 11.8. The zero-order chi connectivity index (χ0) is 12.0. The number of nitrogens with zero attached hydrogens (tertiary/aromatic N) is 1. The number of sulfone groups is 1. The fourth-order valence-corrected chi connectivity index (χ4v) is 2.59. The molecule has 0 aliphatic carbocycles. The summed E-state index contributed by atoms with van der Waals surface area (Å²) in [4.78, 5) is 3.80. The van der Waals surface area contributed by atoms with Gasteiger partial charge in [-0.2, -0.15) is 0 Å². The number of nitrogens with two attached hydrogens (primary N) is 1. The largest absolute Gasteiger partial charge is 0.396 e. The first-order valence-electron chi connectivity index (χ1n) is 5.09. The van der Waals surface area contributed by atoms with Crippen LogP contribution < -0.4 is 5.73 Å². The highest BCUT2D eigenvalue weighted by Crippen LogP contribution is 2.16. The van der Waals surface area contributed by atoms with Gasteiger partial charge in [0.1, 0.15) is 0 Å². The van der Waals surface area contributed by atoms with Crippen molar-refractivity contribution in [2.24, 2.45) is 0 Å². The quantitative estimate of drug-likeness (QED) is 0.751. The van der Waals surface area contributed by atoms with Gasteiger partial charge < -0.3 is 10.5 Å². The topological polar surface area (TPSA) is 82.3 Å². The van der Waals surface area contributed by atoms with Crippen LogP contribution in [0.5, 0.6) is 0 Å². The molecule has 1 aromatic heterocycles. The number of nitrogen functional groups attached to an aromatic ring is 1. The molecule has 0 atom stereocenters. The molecule has 6 heteroatoms. The molecule has 90 valence electrons. The molecule has 0 aromatic carbocycles. The van der Waals surface area contributed by atoms with E-state index in [1.165, 1.54) is 12.3 Å². The van der Waals surface area contributed by atoms with Gasteiger partial charge in [0.2, 0.25) is 0 Å². The summed E-state index contributed by atoms with van der Waals surface area (Å²) < 4.78 is 28.7. The number of pyridine rings is 1. The molecular weight excluding hydrogens is 228 g/mol. The Morgan fingerprint density at radius 3 is 2.88 bits per heavy atom. The predicted molar refractivity (Wildman–Crippen MR) is 61.8 cm³/mol. The summed E-state index contributed by atoms with van der Waals surface area (Å²) >= 11 is 0. The third-order valence-corrected chi connectivity index (χ3v) is 3.76. The molecule has 0 amide bonds. The van der Waals surface area contributed by atoms with Gasteiger partial charge in [0.15, 0.2) is 14.9 Å². The number of rotatable bonds is 6. The van der Waals surface area contributed by atoms with E-state index in [-0.39, 0.29) is 16.5 Å². The van der Waals surface area contributed by atoms with Crippen molar-refractivity contribution in [3.8, 4) is 0 Å². The Bertz CT molecular complexity index is 431. The number of anilines is 1. The van der Waals surface area contributed by atoms with Crippen LogP contribution in [0.4, 0.5) is 5.69 Å². The lowest BCUT2D eigenvalue weighted by molar-refractivity contribution is 0.148. The molecule has 0 saturated heterocycles. The van der Waals surface area contributed by atoms with Crippen molar-refractivity contribution in [2.75, 3.05) is 24.7 Å². The summed E-state index contributed by atoms with van der Waals surface area (Å²) in [5, 5.41) is -0.0356. The van der Waals surface area contributed by atoms with Crippen LogP contribution in [0.2, 0.25) is 0 Å². The van der Waals surface area contributed by atoms with Crippen LogP contribution in [0.25, 0.3) is 0 Å². The Labute approximate surface area is 95.6 Å². The zero-order valence-corrected chi connectivity index (χ0v) is 10.0. The van der Waals surface area contributed by atoms with E-state index < -0.39 is 9.84 Å². The third kappa shape index (κ3) is 3.46. The van der Waals surface area contributed by atoms with Gasteiger partial charge in [0, 0.05) is 19.4 Å². The van der Waals surface area contributed by atoms with E-state index in [0.717, 1.165) is 0 Å². The second-order valence-electron chi connectivity index (χ2n) is 3.27. The molecule has 16 heavy (non-hydrogen) atoms. The van der Waals surface area contributed by atoms with E-state index >= 15 is 0 Å². The van der Waals surface area contributed by atoms with Gasteiger partial charge in [-0.05, 0) is 25.5 Å². The fourth-order valence-electron chi connectivity index (χ4n) is 1.26. The van der Waals surface area contributed by atoms with Gasteiger partial charge >= 0.3 is 0 Å². The Hall–Kier alpha value is -1.14. The minimum Gasteiger partial charge on any atom is -0.396 e. The monoisotopic (exact) mass is 244 g/mol. The standard InChI is InChI=1S/C10H16N2O3S/c1-2-15-7-4-8-16(13,14)10-9(11)5-3-6-12-10/h3,5-6H,2,4,7-8,11H2,1H3. The van der Waals surface area contributed by atoms with E-state index in [0.29, 0.717) is 19.6 Å². The Balaban J connectivity index is 2.68. The first kappa shape index (κ1) is 12.9. The van der Waals surface area contributed by atoms with E-state index in [1.807, 2.05) is 6.92 Å². The van der Waals surface area contributed by atoms with Crippen molar-refractivity contribution in [2.45, 2.75) is 18.4 Å². The second-order valence-corrected chi connectivity index (χ2v) is 5.29. The summed E-state index contributed by atoms with van der Waals surface area (Å²) in [6, 6.07) is 3.14. The highest BCUT2D eigenvalue weighted by molar-refractivity contribution is 7.91. The fraction of sp³-hybridized carbons (Fsp3) is 0.500. The second kappa shape index (κ2) is 5.81. The van der Waals surface area contributed by atoms with Gasteiger partial charge in [0.25, 0.3) is 0 Å². The van der Waals surface area contributed by atoms with Crippen LogP contribution in [0, 0.1) is 0 Å². The predicted octanol–water partition coefficient (Wildman–Crippen LogP) is 0.864. The molecule has 1 aromatic rings. The lowest BCUT2D eigenvalue weighted by atomic mass is 10.4. The van der Waals surface area contributed by atoms with Gasteiger partial charge in [-0.1, -0.05) is 0 Å². The number of ether oxygens (including phenoxy) is 1. The summed E-state index contributed by atoms with van der Waals surface area (Å²) in [6.07, 6.45) is 1.87. The lowest BCUT2D eigenvalue weighted by Crippen LogP contribution is -2.13. The van der Waals surface area contributed by atoms with Crippen molar-refractivity contribution >= 4 is 15.5 Å². The number of hydrogen-bond donors (Lipinski definition) is 1. The normalized spacial score (nSPS) is 11.6. The van der Waals surface area contributed by atoms with E-state index in [1.54, 1.807) is 6.07 Å². The highest BCUT2D eigenvalue weighted by Gasteiger charge is 2.18. The summed E-state index contributed by atoms with van der Waals surface area (Å²) in [5.41, 5.74) is 5.76. The van der Waals surface area contributed by atoms with Crippen LogP contribution in [0.15, 0.2) is 23.4 Å². The SMILES string of the molecule is CCOCCCS(=O)(=O)c1ncccc1N. The molecule has 1 rings (SSSR count). The maximum Gasteiger partial charge on any atom is 0.197 e. The van der Waals surface area contributed by atoms with Crippen molar-refractivity contribution in [1.82, 2.24) is 4.98 Å². The average Bonchev–Trinajstić information content (AvgIpc) is 2.25. The lowest BCUT2D eigenvalue weighted by Gasteiger charge is -2.05. The van der Waals surface area contributed by atoms with Crippen molar-refractivity contribution in [3.05, 3.63) is 18.3 Å². The zero-order valence-electron chi connectivity index (χ0n) is 9.22. The van der Waals surface area contributed by atoms with Gasteiger partial charge in [-0.15, -0.1) is 0 Å². The van der Waals surface area contributed by atoms with Crippen LogP contribution in [-0.4, -0.2) is 32.4 Å². The summed E-state index contributed by atoms with van der Waals surface area (Å²) in [5.74, 6) is 0.00815.